The number of phosphoric acid groups is 2. The molecule has 8 fully saturated rings. The van der Waals surface area contributed by atoms with Crippen LogP contribution in [0.5, 0.6) is 0 Å². The van der Waals surface area contributed by atoms with Crippen LogP contribution in [0.4, 0.5) is 38.7 Å². The summed E-state index contributed by atoms with van der Waals surface area (Å²) < 4.78 is 103. The molecule has 0 bridgehead atoms. The number of anilines is 2. The Bertz CT molecular complexity index is 4480. The number of halogens is 4. The van der Waals surface area contributed by atoms with Crippen LogP contribution in [0.3, 0.4) is 0 Å². The number of phosphoric ester groups is 2. The van der Waals surface area contributed by atoms with Gasteiger partial charge in [-0.2, -0.15) is 0 Å². The molecule has 2 aromatic carbocycles. The largest absolute Gasteiger partial charge is 0.469 e. The topological polar surface area (TPSA) is 532 Å². The molecule has 0 unspecified atom stereocenters. The monoisotopic (exact) mass is 1780 g/mol. The average Bonchev–Trinajstić information content (AvgIpc) is 1.61. The van der Waals surface area contributed by atoms with Crippen molar-refractivity contribution in [1.82, 2.24) is 71.3 Å². The highest BCUT2D eigenvalue weighted by atomic mass is 31.2. The van der Waals surface area contributed by atoms with Crippen molar-refractivity contribution in [3.63, 3.8) is 0 Å². The fourth-order valence-electron chi connectivity index (χ4n) is 16.8. The van der Waals surface area contributed by atoms with Crippen LogP contribution in [0.2, 0.25) is 0 Å². The maximum absolute atomic E-state index is 14.9. The third-order valence-electron chi connectivity index (χ3n) is 22.5. The molecule has 124 heavy (non-hydrogen) atoms. The fraction of sp³-hybridized carbons (Fsp3) is 0.538. The van der Waals surface area contributed by atoms with Crippen LogP contribution in [-0.2, 0) is 98.0 Å². The molecular formula is C78H98F4N16O24P2. The smallest absolute Gasteiger partial charge is 0.458 e. The number of fused-ring (bicyclic) bond motifs is 6. The molecule has 14 amide bonds. The molecule has 40 nitrogen and oxygen atoms in total. The number of hydrogen-bond donors (Lipinski definition) is 12. The highest BCUT2D eigenvalue weighted by Gasteiger charge is 2.54. The van der Waals surface area contributed by atoms with Crippen LogP contribution in [0, 0.1) is 35.1 Å². The molecule has 8 aliphatic rings. The van der Waals surface area contributed by atoms with Crippen molar-refractivity contribution in [1.29, 1.82) is 0 Å². The second-order valence-electron chi connectivity index (χ2n) is 32.1. The van der Waals surface area contributed by atoms with Crippen molar-refractivity contribution in [2.45, 2.75) is 216 Å². The van der Waals surface area contributed by atoms with Crippen LogP contribution in [0.15, 0.2) is 85.3 Å². The van der Waals surface area contributed by atoms with Crippen molar-refractivity contribution >= 4 is 110 Å². The number of esters is 2. The van der Waals surface area contributed by atoms with Gasteiger partial charge in [0.1, 0.15) is 114 Å². The van der Waals surface area contributed by atoms with E-state index in [1.165, 1.54) is 84.1 Å². The lowest BCUT2D eigenvalue weighted by Crippen LogP contribution is -2.63. The van der Waals surface area contributed by atoms with E-state index in [9.17, 15) is 113 Å². The number of carbonyl (C=O) groups excluding carboxylic acids is 14. The number of ether oxygens (including phenoxy) is 2. The predicted octanol–water partition coefficient (Wildman–Crippen LogP) is 1.45. The molecule has 0 radical (unpaired) electrons. The molecule has 8 aliphatic heterocycles. The van der Waals surface area contributed by atoms with E-state index in [4.69, 9.17) is 18.5 Å². The van der Waals surface area contributed by atoms with Gasteiger partial charge in [0.25, 0.3) is 0 Å². The van der Waals surface area contributed by atoms with Crippen LogP contribution >= 0.6 is 15.6 Å². The zero-order valence-corrected chi connectivity index (χ0v) is 69.9. The minimum atomic E-state index is -5.21. The Balaban J connectivity index is 0.000000241. The number of cyclic esters (lactones) is 2. The molecule has 10 heterocycles. The van der Waals surface area contributed by atoms with Gasteiger partial charge in [-0.3, -0.25) is 67.3 Å². The number of carbonyl (C=O) groups is 14. The molecule has 12 N–H and O–H groups in total. The lowest BCUT2D eigenvalue weighted by Gasteiger charge is -2.39. The van der Waals surface area contributed by atoms with Crippen molar-refractivity contribution in [3.8, 4) is 0 Å². The van der Waals surface area contributed by atoms with Gasteiger partial charge in [0, 0.05) is 89.5 Å². The summed E-state index contributed by atoms with van der Waals surface area (Å²) in [5.74, 6) is -14.8. The Morgan fingerprint density at radius 2 is 0.903 bits per heavy atom. The van der Waals surface area contributed by atoms with Crippen molar-refractivity contribution < 1.29 is 132 Å². The summed E-state index contributed by atoms with van der Waals surface area (Å²) in [4.78, 5) is 251. The van der Waals surface area contributed by atoms with Crippen LogP contribution in [0.1, 0.15) is 117 Å². The molecule has 2 aromatic heterocycles. The Labute approximate surface area is 707 Å². The third kappa shape index (κ3) is 23.8. The summed E-state index contributed by atoms with van der Waals surface area (Å²) in [6, 6.07) is -6.50. The minimum absolute atomic E-state index is 0.0519. The third-order valence-corrected chi connectivity index (χ3v) is 23.6. The standard InChI is InChI=1S/2C39H49F2N8O12P/c1-20-12-30-38(55)60-22(3)32(46-33(50)27(15-23-13-24(40)16-25(41)14-23)44-39(56)45-31-9-4-6-10-42-31)37(54)49-19-26(61-62(57,58)59)17-29(49)36(53)47-11-7-5-8-28(47)34(51)43-21(2)35(52)48(30)18-20;1-20-11-31-38(55)60-22(3)32(46-33(50)28(14-23-12-24(40)15-25(41)13-23)45-39(56)44-26-7-6-9-42-17-26)37(54)49-19-27(61-62(57,58)59)16-30(49)36(53)47-10-5-4-8-29(47)34(51)43-21(2)35(52)48(31)18-20/h4,6,9-10,13-14,16,20-22,26-30,32H,5,7-8,11-12,15,17-19H2,1-3H3,(H,43,51)(H,46,50)(H2,57,58,59)(H2,42,44,45,56);6-7,9,12-13,15,17,20-22,27-32H,4-5,8,10-11,14,16,18-19H2,1-3H3,(H,43,51)(H,46,50)(H2,44,45,56)(H2,57,58,59)/t20-,21+,22+,26-,27+,28+,29+,30+,32+;20-,21+,22+,27-,28+,29+,30+,31+,32+/m11/s1. The summed E-state index contributed by atoms with van der Waals surface area (Å²) in [7, 11) is -10.4. The van der Waals surface area contributed by atoms with E-state index in [1.807, 2.05) is 0 Å². The Hall–Kier alpha value is -11.1. The second kappa shape index (κ2) is 40.2. The lowest BCUT2D eigenvalue weighted by molar-refractivity contribution is -0.163. The molecule has 672 valence electrons. The van der Waals surface area contributed by atoms with Gasteiger partial charge in [-0.1, -0.05) is 19.9 Å². The van der Waals surface area contributed by atoms with E-state index in [-0.39, 0.29) is 86.3 Å². The van der Waals surface area contributed by atoms with Gasteiger partial charge in [0.15, 0.2) is 0 Å². The van der Waals surface area contributed by atoms with Crippen LogP contribution < -0.4 is 42.5 Å². The predicted molar refractivity (Wildman–Crippen MR) is 422 cm³/mol. The first kappa shape index (κ1) is 93.6. The number of amides is 14. The Kier molecular flexibility index (Phi) is 30.4. The molecule has 4 aromatic rings. The number of nitrogens with one attached hydrogen (secondary N) is 8. The van der Waals surface area contributed by atoms with Gasteiger partial charge in [0.05, 0.1) is 24.1 Å². The molecule has 0 saturated carbocycles. The zero-order valence-electron chi connectivity index (χ0n) is 68.1. The van der Waals surface area contributed by atoms with Crippen molar-refractivity contribution in [2.75, 3.05) is 49.9 Å². The van der Waals surface area contributed by atoms with Gasteiger partial charge < -0.3 is 95.7 Å². The average molecular weight is 1780 g/mol. The van der Waals surface area contributed by atoms with E-state index in [2.05, 4.69) is 52.5 Å². The first-order valence-electron chi connectivity index (χ1n) is 40.3. The highest BCUT2D eigenvalue weighted by Crippen LogP contribution is 2.43. The van der Waals surface area contributed by atoms with Gasteiger partial charge in [-0.15, -0.1) is 0 Å². The normalized spacial score (nSPS) is 28.0. The summed E-state index contributed by atoms with van der Waals surface area (Å²) >= 11 is 0. The van der Waals surface area contributed by atoms with Crippen LogP contribution in [0.25, 0.3) is 0 Å². The number of aromatic nitrogens is 2. The molecule has 12 rings (SSSR count). The summed E-state index contributed by atoms with van der Waals surface area (Å²) in [6.07, 6.45) is -1.25. The van der Waals surface area contributed by atoms with Crippen molar-refractivity contribution in [2.24, 2.45) is 11.8 Å². The van der Waals surface area contributed by atoms with Crippen molar-refractivity contribution in [3.05, 3.63) is 120 Å². The first-order chi connectivity index (χ1) is 58.5. The summed E-state index contributed by atoms with van der Waals surface area (Å²) in [5.41, 5.74) is 0.0505. The molecule has 18 atom stereocenters. The van der Waals surface area contributed by atoms with E-state index < -0.39 is 258 Å². The number of rotatable bonds is 16. The van der Waals surface area contributed by atoms with Gasteiger partial charge >= 0.3 is 39.6 Å². The number of urea groups is 2. The lowest BCUT2D eigenvalue weighted by atomic mass is 9.98. The number of benzene rings is 2. The first-order valence-corrected chi connectivity index (χ1v) is 43.4. The maximum Gasteiger partial charge on any atom is 0.469 e. The number of piperidine rings is 2. The van der Waals surface area contributed by atoms with Gasteiger partial charge in [-0.05, 0) is 151 Å². The Morgan fingerprint density at radius 3 is 1.29 bits per heavy atom. The number of hydrogen-bond acceptors (Lipinski definition) is 22. The zero-order chi connectivity index (χ0) is 90.1. The maximum atomic E-state index is 14.9. The number of pyridine rings is 2. The SMILES string of the molecule is C[C@@H]1C[C@H]2C(=O)O[C@@H](C)[C@H](NC(=O)[C@H](Cc3cc(F)cc(F)c3)NC(=O)Nc3ccccn3)C(=O)N3C[C@H](OP(=O)(O)O)C[C@H]3C(=O)N3CCCC[C@H]3C(=O)N[C@@H](C)C(=O)N2C1.C[C@@H]1C[C@H]2C(=O)O[C@@H](C)[C@H](NC(=O)[C@H](Cc3cc(F)cc(F)c3)NC(=O)Nc3cccnc3)C(=O)N3C[C@H](OP(=O)(O)O)C[C@H]3C(=O)N3CCCC[C@H]3C(=O)N[C@@H](C)C(=O)N2C1. The molecule has 46 heteroatoms. The molecule has 8 saturated heterocycles. The minimum Gasteiger partial charge on any atom is -0.458 e. The number of nitrogens with zero attached hydrogens (tertiary/aromatic N) is 8. The fourth-order valence-corrected chi connectivity index (χ4v) is 17.9. The summed E-state index contributed by atoms with van der Waals surface area (Å²) in [5, 5.41) is 20.1. The van der Waals surface area contributed by atoms with E-state index in [0.717, 1.165) is 34.1 Å². The molecule has 0 aliphatic carbocycles. The molecular weight excluding hydrogens is 1680 g/mol. The van der Waals surface area contributed by atoms with Gasteiger partial charge in [-0.25, -0.2) is 50.9 Å². The second-order valence-corrected chi connectivity index (χ2v) is 34.5. The highest BCUT2D eigenvalue weighted by molar-refractivity contribution is 7.46. The van der Waals surface area contributed by atoms with E-state index in [0.29, 0.717) is 37.8 Å². The van der Waals surface area contributed by atoms with E-state index >= 15 is 0 Å². The van der Waals surface area contributed by atoms with Crippen LogP contribution in [-0.4, -0.2) is 278 Å². The Morgan fingerprint density at radius 1 is 0.492 bits per heavy atom. The quantitative estimate of drug-likeness (QED) is 0.0429. The van der Waals surface area contributed by atoms with Gasteiger partial charge in [0.2, 0.25) is 59.1 Å². The van der Waals surface area contributed by atoms with E-state index in [1.54, 1.807) is 26.0 Å². The summed E-state index contributed by atoms with van der Waals surface area (Å²) in [6.45, 7) is 8.13. The molecule has 0 spiro atoms.